The van der Waals surface area contributed by atoms with Crippen molar-refractivity contribution in [2.24, 2.45) is 0 Å². The zero-order valence-electron chi connectivity index (χ0n) is 10.0. The van der Waals surface area contributed by atoms with Gasteiger partial charge in [-0.05, 0) is 31.0 Å². The highest BCUT2D eigenvalue weighted by Crippen LogP contribution is 2.16. The first kappa shape index (κ1) is 12.0. The highest BCUT2D eigenvalue weighted by atomic mass is 16.3. The lowest BCUT2D eigenvalue weighted by atomic mass is 10.1. The van der Waals surface area contributed by atoms with Crippen LogP contribution in [0, 0.1) is 13.8 Å². The molecule has 0 fully saturated rings. The number of aldehydes is 1. The van der Waals surface area contributed by atoms with Gasteiger partial charge in [0.15, 0.2) is 17.7 Å². The molecule has 92 valence electrons. The molecule has 0 amide bonds. The molecule has 1 N–H and O–H groups in total. The summed E-state index contributed by atoms with van der Waals surface area (Å²) in [6.45, 7) is 3.79. The topological polar surface area (TPSA) is 72.2 Å². The van der Waals surface area contributed by atoms with E-state index in [9.17, 15) is 14.7 Å². The van der Waals surface area contributed by atoms with E-state index in [-0.39, 0.29) is 5.69 Å². The van der Waals surface area contributed by atoms with Crippen molar-refractivity contribution in [1.82, 2.24) is 9.78 Å². The van der Waals surface area contributed by atoms with Crippen LogP contribution in [0.2, 0.25) is 0 Å². The molecule has 0 aliphatic carbocycles. The van der Waals surface area contributed by atoms with Crippen LogP contribution in [-0.4, -0.2) is 21.2 Å². The number of aromatic hydroxyl groups is 1. The maximum absolute atomic E-state index is 11.8. The lowest BCUT2D eigenvalue weighted by Crippen LogP contribution is -2.22. The first-order valence-electron chi connectivity index (χ1n) is 5.39. The molecule has 2 aromatic rings. The Morgan fingerprint density at radius 3 is 2.72 bits per heavy atom. The number of benzene rings is 1. The monoisotopic (exact) mass is 244 g/mol. The number of rotatable bonds is 2. The largest absolute Gasteiger partial charge is 0.505 e. The second-order valence-electron chi connectivity index (χ2n) is 4.00. The Bertz CT molecular complexity index is 674. The molecule has 0 radical (unpaired) electrons. The normalized spacial score (nSPS) is 10.3. The summed E-state index contributed by atoms with van der Waals surface area (Å²) in [5.41, 5.74) is 1.88. The van der Waals surface area contributed by atoms with Gasteiger partial charge in [0.25, 0.3) is 5.56 Å². The standard InChI is InChI=1S/C13H12N2O3/c1-8-4-3-5-11(9(8)2)15-13(18)6-12(17)10(7-16)14-15/h3-7,17H,1-2H3. The van der Waals surface area contributed by atoms with Crippen LogP contribution < -0.4 is 5.56 Å². The summed E-state index contributed by atoms with van der Waals surface area (Å²) in [4.78, 5) is 22.5. The van der Waals surface area contributed by atoms with Gasteiger partial charge in [0.05, 0.1) is 5.69 Å². The Hall–Kier alpha value is -2.43. The fourth-order valence-corrected chi connectivity index (χ4v) is 1.68. The average Bonchev–Trinajstić information content (AvgIpc) is 2.34. The molecule has 1 heterocycles. The van der Waals surface area contributed by atoms with E-state index in [0.29, 0.717) is 12.0 Å². The molecule has 18 heavy (non-hydrogen) atoms. The molecule has 2 rings (SSSR count). The number of hydrogen-bond donors (Lipinski definition) is 1. The molecule has 1 aromatic carbocycles. The first-order chi connectivity index (χ1) is 8.54. The fourth-order valence-electron chi connectivity index (χ4n) is 1.68. The van der Waals surface area contributed by atoms with Gasteiger partial charge in [0.1, 0.15) is 0 Å². The minimum atomic E-state index is -0.480. The number of hydrogen-bond acceptors (Lipinski definition) is 4. The zero-order chi connectivity index (χ0) is 13.3. The molecule has 0 aliphatic heterocycles. The molecule has 1 aromatic heterocycles. The highest BCUT2D eigenvalue weighted by Gasteiger charge is 2.10. The molecule has 0 bridgehead atoms. The van der Waals surface area contributed by atoms with Crippen LogP contribution in [0.1, 0.15) is 21.6 Å². The highest BCUT2D eigenvalue weighted by molar-refractivity contribution is 5.75. The van der Waals surface area contributed by atoms with Gasteiger partial charge in [-0.25, -0.2) is 0 Å². The number of nitrogens with zero attached hydrogens (tertiary/aromatic N) is 2. The van der Waals surface area contributed by atoms with Crippen molar-refractivity contribution >= 4 is 6.29 Å². The number of carbonyl (C=O) groups excluding carboxylic acids is 1. The predicted octanol–water partition coefficient (Wildman–Crippen LogP) is 1.37. The van der Waals surface area contributed by atoms with Crippen molar-refractivity contribution in [3.05, 3.63) is 51.4 Å². The van der Waals surface area contributed by atoms with Crippen molar-refractivity contribution in [2.45, 2.75) is 13.8 Å². The van der Waals surface area contributed by atoms with Crippen molar-refractivity contribution in [2.75, 3.05) is 0 Å². The Morgan fingerprint density at radius 2 is 2.06 bits per heavy atom. The van der Waals surface area contributed by atoms with Gasteiger partial charge in [-0.1, -0.05) is 12.1 Å². The van der Waals surface area contributed by atoms with E-state index in [1.165, 1.54) is 0 Å². The Labute approximate surface area is 103 Å². The Kier molecular flexibility index (Phi) is 2.97. The van der Waals surface area contributed by atoms with Gasteiger partial charge < -0.3 is 5.11 Å². The third-order valence-corrected chi connectivity index (χ3v) is 2.85. The predicted molar refractivity (Wildman–Crippen MR) is 66.4 cm³/mol. The van der Waals surface area contributed by atoms with Crippen molar-refractivity contribution in [3.63, 3.8) is 0 Å². The van der Waals surface area contributed by atoms with E-state index in [1.54, 1.807) is 12.1 Å². The van der Waals surface area contributed by atoms with Gasteiger partial charge >= 0.3 is 0 Å². The Morgan fingerprint density at radius 1 is 1.33 bits per heavy atom. The van der Waals surface area contributed by atoms with Gasteiger partial charge in [-0.3, -0.25) is 9.59 Å². The van der Waals surface area contributed by atoms with E-state index in [0.717, 1.165) is 21.9 Å². The van der Waals surface area contributed by atoms with E-state index in [4.69, 9.17) is 0 Å². The fraction of sp³-hybridized carbons (Fsp3) is 0.154. The maximum atomic E-state index is 11.8. The summed E-state index contributed by atoms with van der Waals surface area (Å²) >= 11 is 0. The maximum Gasteiger partial charge on any atom is 0.275 e. The summed E-state index contributed by atoms with van der Waals surface area (Å²) in [5.74, 6) is -0.406. The second-order valence-corrected chi connectivity index (χ2v) is 4.00. The lowest BCUT2D eigenvalue weighted by Gasteiger charge is -2.10. The average molecular weight is 244 g/mol. The van der Waals surface area contributed by atoms with Crippen LogP contribution in [0.5, 0.6) is 5.75 Å². The van der Waals surface area contributed by atoms with Crippen LogP contribution in [-0.2, 0) is 0 Å². The van der Waals surface area contributed by atoms with E-state index < -0.39 is 11.3 Å². The van der Waals surface area contributed by atoms with Crippen LogP contribution in [0.15, 0.2) is 29.1 Å². The van der Waals surface area contributed by atoms with Crippen LogP contribution in [0.3, 0.4) is 0 Å². The molecule has 0 atom stereocenters. The van der Waals surface area contributed by atoms with Gasteiger partial charge in [0.2, 0.25) is 0 Å². The summed E-state index contributed by atoms with van der Waals surface area (Å²) in [6, 6.07) is 6.45. The van der Waals surface area contributed by atoms with Gasteiger partial charge in [0, 0.05) is 6.07 Å². The van der Waals surface area contributed by atoms with Crippen molar-refractivity contribution in [3.8, 4) is 11.4 Å². The van der Waals surface area contributed by atoms with Crippen LogP contribution in [0.4, 0.5) is 0 Å². The smallest absolute Gasteiger partial charge is 0.275 e. The third-order valence-electron chi connectivity index (χ3n) is 2.85. The number of aryl methyl sites for hydroxylation is 1. The molecular weight excluding hydrogens is 232 g/mol. The molecular formula is C13H12N2O3. The van der Waals surface area contributed by atoms with E-state index in [2.05, 4.69) is 5.10 Å². The molecule has 0 unspecified atom stereocenters. The van der Waals surface area contributed by atoms with Crippen LogP contribution >= 0.6 is 0 Å². The SMILES string of the molecule is Cc1cccc(-n2nc(C=O)c(O)cc2=O)c1C. The number of aromatic nitrogens is 2. The summed E-state index contributed by atoms with van der Waals surface area (Å²) in [5, 5.41) is 13.2. The molecule has 5 nitrogen and oxygen atoms in total. The lowest BCUT2D eigenvalue weighted by molar-refractivity contribution is 0.111. The zero-order valence-corrected chi connectivity index (χ0v) is 10.0. The van der Waals surface area contributed by atoms with E-state index >= 15 is 0 Å². The molecule has 0 saturated heterocycles. The van der Waals surface area contributed by atoms with Crippen molar-refractivity contribution < 1.29 is 9.90 Å². The summed E-state index contributed by atoms with van der Waals surface area (Å²) < 4.78 is 1.12. The van der Waals surface area contributed by atoms with Crippen LogP contribution in [0.25, 0.3) is 5.69 Å². The minimum absolute atomic E-state index is 0.157. The van der Waals surface area contributed by atoms with Crippen molar-refractivity contribution in [1.29, 1.82) is 0 Å². The quantitative estimate of drug-likeness (QED) is 0.810. The molecule has 5 heteroatoms. The summed E-state index contributed by atoms with van der Waals surface area (Å²) in [7, 11) is 0. The third kappa shape index (κ3) is 1.90. The minimum Gasteiger partial charge on any atom is -0.505 e. The number of carbonyl (C=O) groups is 1. The van der Waals surface area contributed by atoms with Gasteiger partial charge in [-0.2, -0.15) is 9.78 Å². The Balaban J connectivity index is 2.75. The first-order valence-corrected chi connectivity index (χ1v) is 5.39. The second kappa shape index (κ2) is 4.44. The summed E-state index contributed by atoms with van der Waals surface area (Å²) in [6.07, 6.45) is 0.413. The molecule has 0 aliphatic rings. The molecule has 0 spiro atoms. The van der Waals surface area contributed by atoms with E-state index in [1.807, 2.05) is 19.9 Å². The van der Waals surface area contributed by atoms with Gasteiger partial charge in [-0.15, -0.1) is 0 Å². The molecule has 0 saturated carbocycles.